The van der Waals surface area contributed by atoms with E-state index in [1.165, 1.54) is 6.08 Å². The Labute approximate surface area is 143 Å². The third-order valence-corrected chi connectivity index (χ3v) is 3.08. The van der Waals surface area contributed by atoms with Gasteiger partial charge in [0.15, 0.2) is 0 Å². The van der Waals surface area contributed by atoms with Crippen LogP contribution in [0.1, 0.15) is 46.4 Å². The number of esters is 2. The van der Waals surface area contributed by atoms with E-state index >= 15 is 0 Å². The summed E-state index contributed by atoms with van der Waals surface area (Å²) in [6.07, 6.45) is 4.69. The molecule has 24 heavy (non-hydrogen) atoms. The summed E-state index contributed by atoms with van der Waals surface area (Å²) < 4.78 is 15.6. The van der Waals surface area contributed by atoms with Crippen molar-refractivity contribution in [1.82, 2.24) is 5.32 Å². The van der Waals surface area contributed by atoms with Gasteiger partial charge in [-0.05, 0) is 45.7 Å². The molecule has 0 spiro atoms. The molecule has 1 heterocycles. The minimum Gasteiger partial charge on any atom is -0.468 e. The number of ether oxygens (including phenoxy) is 2. The lowest BCUT2D eigenvalue weighted by Crippen LogP contribution is -2.35. The van der Waals surface area contributed by atoms with Crippen molar-refractivity contribution in [2.75, 3.05) is 13.2 Å². The average Bonchev–Trinajstić information content (AvgIpc) is 2.97. The van der Waals surface area contributed by atoms with E-state index in [1.54, 1.807) is 25.3 Å². The molecule has 0 aliphatic carbocycles. The van der Waals surface area contributed by atoms with Gasteiger partial charge >= 0.3 is 11.9 Å². The van der Waals surface area contributed by atoms with Gasteiger partial charge in [-0.2, -0.15) is 0 Å². The van der Waals surface area contributed by atoms with Crippen molar-refractivity contribution in [3.63, 3.8) is 0 Å². The Morgan fingerprint density at radius 1 is 1.38 bits per heavy atom. The second-order valence-corrected chi connectivity index (χ2v) is 6.43. The Kier molecular flexibility index (Phi) is 7.71. The highest BCUT2D eigenvalue weighted by molar-refractivity contribution is 5.81. The second-order valence-electron chi connectivity index (χ2n) is 6.43. The summed E-state index contributed by atoms with van der Waals surface area (Å²) in [4.78, 5) is 23.4. The molecule has 134 valence electrons. The molecule has 0 amide bonds. The predicted molar refractivity (Wildman–Crippen MR) is 90.2 cm³/mol. The van der Waals surface area contributed by atoms with Gasteiger partial charge in [-0.3, -0.25) is 10.1 Å². The van der Waals surface area contributed by atoms with Crippen molar-refractivity contribution in [2.45, 2.75) is 46.3 Å². The molecule has 1 N–H and O–H groups in total. The monoisotopic (exact) mass is 337 g/mol. The fourth-order valence-corrected chi connectivity index (χ4v) is 2.12. The topological polar surface area (TPSA) is 77.8 Å². The van der Waals surface area contributed by atoms with Crippen LogP contribution in [0.2, 0.25) is 0 Å². The molecule has 0 radical (unpaired) electrons. The van der Waals surface area contributed by atoms with Crippen LogP contribution in [0.5, 0.6) is 0 Å². The Morgan fingerprint density at radius 3 is 2.62 bits per heavy atom. The van der Waals surface area contributed by atoms with Crippen LogP contribution in [0.15, 0.2) is 35.0 Å². The van der Waals surface area contributed by atoms with Crippen molar-refractivity contribution < 1.29 is 23.5 Å². The highest BCUT2D eigenvalue weighted by atomic mass is 16.6. The first-order valence-electron chi connectivity index (χ1n) is 8.06. The van der Waals surface area contributed by atoms with Crippen LogP contribution in [0.3, 0.4) is 0 Å². The minimum atomic E-state index is -0.533. The first-order chi connectivity index (χ1) is 11.2. The van der Waals surface area contributed by atoms with E-state index in [-0.39, 0.29) is 24.5 Å². The number of hydrogen-bond acceptors (Lipinski definition) is 6. The van der Waals surface area contributed by atoms with E-state index in [9.17, 15) is 9.59 Å². The van der Waals surface area contributed by atoms with Crippen molar-refractivity contribution in [2.24, 2.45) is 5.92 Å². The SMILES string of the molecule is CCOC(=O)C=C[C@@H](C)[C@H](NCC(=O)OC(C)(C)C)c1ccco1. The zero-order valence-corrected chi connectivity index (χ0v) is 15.0. The highest BCUT2D eigenvalue weighted by Crippen LogP contribution is 2.23. The molecule has 0 saturated heterocycles. The average molecular weight is 337 g/mol. The zero-order valence-electron chi connectivity index (χ0n) is 15.0. The van der Waals surface area contributed by atoms with E-state index in [1.807, 2.05) is 33.8 Å². The Morgan fingerprint density at radius 2 is 2.08 bits per heavy atom. The van der Waals surface area contributed by atoms with Crippen molar-refractivity contribution in [3.05, 3.63) is 36.3 Å². The van der Waals surface area contributed by atoms with Gasteiger partial charge < -0.3 is 13.9 Å². The predicted octanol–water partition coefficient (Wildman–Crippen LogP) is 3.01. The summed E-state index contributed by atoms with van der Waals surface area (Å²) in [5, 5.41) is 3.13. The number of nitrogens with one attached hydrogen (secondary N) is 1. The molecule has 6 nitrogen and oxygen atoms in total. The summed E-state index contributed by atoms with van der Waals surface area (Å²) in [7, 11) is 0. The Balaban J connectivity index is 2.72. The van der Waals surface area contributed by atoms with Crippen molar-refractivity contribution in [1.29, 1.82) is 0 Å². The Hall–Kier alpha value is -2.08. The van der Waals surface area contributed by atoms with Gasteiger partial charge in [-0.15, -0.1) is 0 Å². The fourth-order valence-electron chi connectivity index (χ4n) is 2.12. The summed E-state index contributed by atoms with van der Waals surface area (Å²) >= 11 is 0. The first-order valence-corrected chi connectivity index (χ1v) is 8.06. The van der Waals surface area contributed by atoms with Crippen LogP contribution < -0.4 is 5.32 Å². The summed E-state index contributed by atoms with van der Waals surface area (Å²) in [6.45, 7) is 9.50. The van der Waals surface area contributed by atoms with Gasteiger partial charge in [0, 0.05) is 6.08 Å². The maximum atomic E-state index is 11.9. The molecule has 1 aromatic heterocycles. The maximum absolute atomic E-state index is 11.9. The van der Waals surface area contributed by atoms with Crippen LogP contribution in [0, 0.1) is 5.92 Å². The third-order valence-electron chi connectivity index (χ3n) is 3.08. The van der Waals surface area contributed by atoms with Crippen LogP contribution in [0.25, 0.3) is 0 Å². The summed E-state index contributed by atoms with van der Waals surface area (Å²) in [6, 6.07) is 3.33. The smallest absolute Gasteiger partial charge is 0.330 e. The molecule has 0 fully saturated rings. The lowest BCUT2D eigenvalue weighted by atomic mass is 9.99. The summed E-state index contributed by atoms with van der Waals surface area (Å²) in [5.41, 5.74) is -0.533. The molecular weight excluding hydrogens is 310 g/mol. The highest BCUT2D eigenvalue weighted by Gasteiger charge is 2.23. The van der Waals surface area contributed by atoms with E-state index < -0.39 is 11.6 Å². The Bertz CT molecular complexity index is 542. The quantitative estimate of drug-likeness (QED) is 0.580. The number of hydrogen-bond donors (Lipinski definition) is 1. The molecule has 0 unspecified atom stereocenters. The number of carbonyl (C=O) groups excluding carboxylic acids is 2. The van der Waals surface area contributed by atoms with Gasteiger partial charge in [-0.1, -0.05) is 13.0 Å². The third kappa shape index (κ3) is 7.46. The molecular formula is C18H27NO5. The molecule has 1 rings (SSSR count). The molecule has 0 bridgehead atoms. The van der Waals surface area contributed by atoms with Gasteiger partial charge in [0.05, 0.1) is 25.5 Å². The number of rotatable bonds is 8. The molecule has 0 saturated carbocycles. The maximum Gasteiger partial charge on any atom is 0.330 e. The fraction of sp³-hybridized carbons (Fsp3) is 0.556. The van der Waals surface area contributed by atoms with Crippen LogP contribution in [-0.4, -0.2) is 30.7 Å². The standard InChI is InChI=1S/C18H27NO5/c1-6-22-15(20)10-9-13(2)17(14-8-7-11-23-14)19-12-16(21)24-18(3,4)5/h7-11,13,17,19H,6,12H2,1-5H3/t13-,17+/m1/s1. The van der Waals surface area contributed by atoms with Crippen LogP contribution >= 0.6 is 0 Å². The van der Waals surface area contributed by atoms with E-state index in [0.29, 0.717) is 12.4 Å². The van der Waals surface area contributed by atoms with Gasteiger partial charge in [-0.25, -0.2) is 4.79 Å². The minimum absolute atomic E-state index is 0.0419. The molecule has 0 aliphatic rings. The second kappa shape index (κ2) is 9.27. The van der Waals surface area contributed by atoms with Gasteiger partial charge in [0.2, 0.25) is 0 Å². The van der Waals surface area contributed by atoms with E-state index in [4.69, 9.17) is 13.9 Å². The van der Waals surface area contributed by atoms with Crippen LogP contribution in [0.4, 0.5) is 0 Å². The number of carbonyl (C=O) groups is 2. The van der Waals surface area contributed by atoms with Crippen molar-refractivity contribution >= 4 is 11.9 Å². The zero-order chi connectivity index (χ0) is 18.2. The molecule has 1 aromatic rings. The van der Waals surface area contributed by atoms with Crippen LogP contribution in [-0.2, 0) is 19.1 Å². The lowest BCUT2D eigenvalue weighted by molar-refractivity contribution is -0.153. The van der Waals surface area contributed by atoms with Gasteiger partial charge in [0.1, 0.15) is 11.4 Å². The largest absolute Gasteiger partial charge is 0.468 e. The van der Waals surface area contributed by atoms with E-state index in [2.05, 4.69) is 5.32 Å². The molecule has 0 aliphatic heterocycles. The molecule has 0 aromatic carbocycles. The van der Waals surface area contributed by atoms with Crippen molar-refractivity contribution in [3.8, 4) is 0 Å². The van der Waals surface area contributed by atoms with E-state index in [0.717, 1.165) is 0 Å². The molecule has 6 heteroatoms. The number of furan rings is 1. The summed E-state index contributed by atoms with van der Waals surface area (Å²) in [5.74, 6) is -0.155. The molecule has 2 atom stereocenters. The normalized spacial score (nSPS) is 14.4. The lowest BCUT2D eigenvalue weighted by Gasteiger charge is -2.23. The van der Waals surface area contributed by atoms with Gasteiger partial charge in [0.25, 0.3) is 0 Å². The first kappa shape index (κ1) is 20.0.